The number of hydrogen-bond donors (Lipinski definition) is 0. The lowest BCUT2D eigenvalue weighted by Crippen LogP contribution is -2.32. The molecular formula is C33H28P2S2. The van der Waals surface area contributed by atoms with Crippen molar-refractivity contribution in [1.82, 2.24) is 0 Å². The van der Waals surface area contributed by atoms with Gasteiger partial charge < -0.3 is 0 Å². The smallest absolute Gasteiger partial charge is 0.0294 e. The lowest BCUT2D eigenvalue weighted by atomic mass is 10.1. The molecule has 0 fully saturated rings. The molecule has 0 nitrogen and oxygen atoms in total. The van der Waals surface area contributed by atoms with E-state index in [9.17, 15) is 0 Å². The number of benzene rings is 5. The van der Waals surface area contributed by atoms with Gasteiger partial charge in [0.1, 0.15) is 0 Å². The molecule has 0 aliphatic heterocycles. The SMILES string of the molecule is S=P(c1ccccc1)(c1ccccc1)[C@@H]1Cc2ccccc2[C@H]1P(=S)(c1ccccc1)c1ccccc1. The van der Waals surface area contributed by atoms with Gasteiger partial charge in [-0.25, -0.2) is 0 Å². The Morgan fingerprint density at radius 3 is 1.22 bits per heavy atom. The minimum atomic E-state index is -2.30. The molecule has 0 bridgehead atoms. The molecule has 0 unspecified atom stereocenters. The molecule has 182 valence electrons. The van der Waals surface area contributed by atoms with E-state index >= 15 is 0 Å². The lowest BCUT2D eigenvalue weighted by molar-refractivity contribution is 0.897. The van der Waals surface area contributed by atoms with Gasteiger partial charge >= 0.3 is 0 Å². The molecule has 1 aliphatic rings. The summed E-state index contributed by atoms with van der Waals surface area (Å²) in [6, 6.07) is 47.9. The summed E-state index contributed by atoms with van der Waals surface area (Å²) in [5, 5.41) is 5.10. The van der Waals surface area contributed by atoms with Gasteiger partial charge in [0, 0.05) is 23.4 Å². The minimum Gasteiger partial charge on any atom is -0.0873 e. The molecule has 4 heteroatoms. The van der Waals surface area contributed by atoms with Crippen molar-refractivity contribution in [3.63, 3.8) is 0 Å². The summed E-state index contributed by atoms with van der Waals surface area (Å²) in [5.74, 6) is 0. The van der Waals surface area contributed by atoms with Gasteiger partial charge in [0.05, 0.1) is 0 Å². The zero-order valence-electron chi connectivity index (χ0n) is 20.4. The van der Waals surface area contributed by atoms with Gasteiger partial charge in [0.25, 0.3) is 0 Å². The van der Waals surface area contributed by atoms with Crippen LogP contribution in [0.25, 0.3) is 0 Å². The lowest BCUT2D eigenvalue weighted by Gasteiger charge is -2.40. The highest BCUT2D eigenvalue weighted by molar-refractivity contribution is 8.24. The summed E-state index contributed by atoms with van der Waals surface area (Å²) >= 11 is 14.0. The van der Waals surface area contributed by atoms with Gasteiger partial charge in [0.2, 0.25) is 0 Å². The molecule has 5 aromatic carbocycles. The van der Waals surface area contributed by atoms with Crippen LogP contribution in [-0.2, 0) is 30.0 Å². The zero-order chi connectivity index (χ0) is 25.3. The van der Waals surface area contributed by atoms with Gasteiger partial charge in [-0.1, -0.05) is 169 Å². The standard InChI is InChI=1S/C33H28P2S2/c36-34(27-16-5-1-6-17-27,28-18-7-2-8-19-28)32-25-26-15-13-14-24-31(26)33(32)35(37,29-20-9-3-10-21-29)30-22-11-4-12-23-30/h1-24,32-33H,25H2/t32-,33-/m1/s1. The van der Waals surface area contributed by atoms with Crippen LogP contribution in [0.4, 0.5) is 0 Å². The third-order valence-corrected chi connectivity index (χ3v) is 18.9. The molecule has 37 heavy (non-hydrogen) atoms. The maximum Gasteiger partial charge on any atom is 0.0294 e. The van der Waals surface area contributed by atoms with E-state index in [-0.39, 0.29) is 11.3 Å². The molecule has 6 rings (SSSR count). The molecule has 0 saturated carbocycles. The fourth-order valence-corrected chi connectivity index (χ4v) is 17.2. The summed E-state index contributed by atoms with van der Waals surface area (Å²) < 4.78 is 0. The fourth-order valence-electron chi connectivity index (χ4n) is 5.92. The zero-order valence-corrected chi connectivity index (χ0v) is 23.9. The van der Waals surface area contributed by atoms with Gasteiger partial charge in [-0.15, -0.1) is 0 Å². The first-order chi connectivity index (χ1) is 18.1. The van der Waals surface area contributed by atoms with Crippen LogP contribution in [0.3, 0.4) is 0 Å². The van der Waals surface area contributed by atoms with Gasteiger partial charge in [-0.2, -0.15) is 0 Å². The van der Waals surface area contributed by atoms with E-state index in [1.165, 1.54) is 32.3 Å². The number of hydrogen-bond acceptors (Lipinski definition) is 2. The van der Waals surface area contributed by atoms with Gasteiger partial charge in [-0.05, 0) is 38.8 Å². The van der Waals surface area contributed by atoms with Gasteiger partial charge in [-0.3, -0.25) is 0 Å². The maximum absolute atomic E-state index is 7.00. The molecule has 0 radical (unpaired) electrons. The van der Waals surface area contributed by atoms with Crippen molar-refractivity contribution in [2.75, 3.05) is 0 Å². The predicted octanol–water partition coefficient (Wildman–Crippen LogP) is 6.91. The Bertz CT molecular complexity index is 1510. The normalized spacial score (nSPS) is 17.3. The van der Waals surface area contributed by atoms with Crippen LogP contribution < -0.4 is 21.2 Å². The van der Waals surface area contributed by atoms with Crippen LogP contribution in [0, 0.1) is 0 Å². The van der Waals surface area contributed by atoms with E-state index in [1.54, 1.807) is 0 Å². The number of fused-ring (bicyclic) bond motifs is 1. The molecular weight excluding hydrogens is 522 g/mol. The largest absolute Gasteiger partial charge is 0.0873 e. The summed E-state index contributed by atoms with van der Waals surface area (Å²) in [7, 11) is 0. The van der Waals surface area contributed by atoms with Crippen LogP contribution in [0.15, 0.2) is 146 Å². The maximum atomic E-state index is 7.00. The molecule has 5 aromatic rings. The second-order valence-electron chi connectivity index (χ2n) is 9.57. The molecule has 0 aromatic heterocycles. The third-order valence-electron chi connectivity index (χ3n) is 7.59. The van der Waals surface area contributed by atoms with E-state index in [1.807, 2.05) is 0 Å². The van der Waals surface area contributed by atoms with Crippen molar-refractivity contribution in [3.05, 3.63) is 157 Å². The van der Waals surface area contributed by atoms with Crippen molar-refractivity contribution in [2.24, 2.45) is 0 Å². The summed E-state index contributed by atoms with van der Waals surface area (Å²) in [6.45, 7) is 0. The van der Waals surface area contributed by atoms with Crippen molar-refractivity contribution in [1.29, 1.82) is 0 Å². The monoisotopic (exact) mass is 550 g/mol. The highest BCUT2D eigenvalue weighted by Gasteiger charge is 2.49. The minimum absolute atomic E-state index is 0.162. The second-order valence-corrected chi connectivity index (χ2v) is 18.9. The van der Waals surface area contributed by atoms with E-state index in [0.29, 0.717) is 0 Å². The van der Waals surface area contributed by atoms with Crippen LogP contribution in [-0.4, -0.2) is 5.66 Å². The van der Waals surface area contributed by atoms with E-state index in [4.69, 9.17) is 23.6 Å². The topological polar surface area (TPSA) is 0 Å². The van der Waals surface area contributed by atoms with Crippen LogP contribution in [0.2, 0.25) is 0 Å². The van der Waals surface area contributed by atoms with E-state index in [0.717, 1.165) is 6.42 Å². The quantitative estimate of drug-likeness (QED) is 0.211. The Hall–Kier alpha value is -2.60. The third kappa shape index (κ3) is 4.21. The van der Waals surface area contributed by atoms with Crippen molar-refractivity contribution >= 4 is 56.9 Å². The first-order valence-electron chi connectivity index (χ1n) is 12.6. The summed E-state index contributed by atoms with van der Waals surface area (Å²) in [5.41, 5.74) is 3.19. The van der Waals surface area contributed by atoms with Crippen LogP contribution >= 0.6 is 12.1 Å². The predicted molar refractivity (Wildman–Crippen MR) is 170 cm³/mol. The Morgan fingerprint density at radius 1 is 0.432 bits per heavy atom. The Morgan fingerprint density at radius 2 is 0.784 bits per heavy atom. The van der Waals surface area contributed by atoms with Gasteiger partial charge in [0.15, 0.2) is 0 Å². The first-order valence-corrected chi connectivity index (χ1v) is 18.4. The highest BCUT2D eigenvalue weighted by atomic mass is 32.4. The molecule has 2 atom stereocenters. The first kappa shape index (κ1) is 24.7. The highest BCUT2D eigenvalue weighted by Crippen LogP contribution is 2.70. The Balaban J connectivity index is 1.67. The Labute approximate surface area is 230 Å². The molecule has 0 N–H and O–H groups in total. The van der Waals surface area contributed by atoms with Crippen LogP contribution in [0.5, 0.6) is 0 Å². The van der Waals surface area contributed by atoms with Crippen molar-refractivity contribution < 1.29 is 0 Å². The molecule has 0 heterocycles. The number of rotatable bonds is 6. The van der Waals surface area contributed by atoms with Crippen LogP contribution in [0.1, 0.15) is 16.8 Å². The molecule has 1 aliphatic carbocycles. The summed E-state index contributed by atoms with van der Waals surface area (Å²) in [6.07, 6.45) is 0.958. The second kappa shape index (κ2) is 10.3. The average molecular weight is 551 g/mol. The molecule has 0 spiro atoms. The fraction of sp³-hybridized carbons (Fsp3) is 0.0909. The molecule has 0 amide bonds. The Kier molecular flexibility index (Phi) is 6.87. The van der Waals surface area contributed by atoms with Crippen molar-refractivity contribution in [2.45, 2.75) is 17.7 Å². The van der Waals surface area contributed by atoms with E-state index in [2.05, 4.69) is 146 Å². The molecule has 0 saturated heterocycles. The average Bonchev–Trinajstić information content (AvgIpc) is 3.39. The summed E-state index contributed by atoms with van der Waals surface area (Å²) in [4.78, 5) is 0. The van der Waals surface area contributed by atoms with E-state index < -0.39 is 12.1 Å². The van der Waals surface area contributed by atoms with Crippen molar-refractivity contribution in [3.8, 4) is 0 Å².